The molecule has 0 fully saturated rings. The summed E-state index contributed by atoms with van der Waals surface area (Å²) in [5, 5.41) is 10.4. The van der Waals surface area contributed by atoms with Gasteiger partial charge in [-0.25, -0.2) is 4.39 Å². The van der Waals surface area contributed by atoms with E-state index in [1.807, 2.05) is 0 Å². The number of hydrogen-bond acceptors (Lipinski definition) is 4. The van der Waals surface area contributed by atoms with E-state index in [2.05, 4.69) is 4.98 Å². The molecule has 0 unspecified atom stereocenters. The van der Waals surface area contributed by atoms with Crippen LogP contribution in [-0.4, -0.2) is 32.0 Å². The lowest BCUT2D eigenvalue weighted by Gasteiger charge is -2.30. The number of nitrogens with zero attached hydrogens (tertiary/aromatic N) is 3. The number of fused-ring (bicyclic) bond motifs is 1. The molecule has 3 heterocycles. The van der Waals surface area contributed by atoms with Crippen LogP contribution >= 0.6 is 24.0 Å². The fourth-order valence-electron chi connectivity index (χ4n) is 3.29. The van der Waals surface area contributed by atoms with Gasteiger partial charge in [0, 0.05) is 49.4 Å². The Morgan fingerprint density at radius 3 is 2.59 bits per heavy atom. The Morgan fingerprint density at radius 1 is 1.14 bits per heavy atom. The molecule has 0 radical (unpaired) electrons. The van der Waals surface area contributed by atoms with Crippen LogP contribution in [-0.2, 0) is 13.1 Å². The highest BCUT2D eigenvalue weighted by Crippen LogP contribution is 2.26. The summed E-state index contributed by atoms with van der Waals surface area (Å²) in [6, 6.07) is 7.89. The largest absolute Gasteiger partial charge is 0.503 e. The van der Waals surface area contributed by atoms with Gasteiger partial charge in [0.25, 0.3) is 5.91 Å². The van der Waals surface area contributed by atoms with Crippen molar-refractivity contribution in [3.63, 3.8) is 0 Å². The Balaban J connectivity index is 0.00000240. The zero-order valence-electron chi connectivity index (χ0n) is 15.0. The predicted octanol–water partition coefficient (Wildman–Crippen LogP) is 3.49. The Kier molecular flexibility index (Phi) is 5.91. The molecule has 3 aromatic rings. The lowest BCUT2D eigenvalue weighted by Crippen LogP contribution is -2.41. The summed E-state index contributed by atoms with van der Waals surface area (Å²) >= 11 is 5.80. The number of aromatic nitrogens is 2. The van der Waals surface area contributed by atoms with Gasteiger partial charge in [-0.15, -0.1) is 12.4 Å². The van der Waals surface area contributed by atoms with E-state index in [-0.39, 0.29) is 40.8 Å². The number of rotatable bonds is 3. The maximum Gasteiger partial charge on any atom is 0.274 e. The van der Waals surface area contributed by atoms with Crippen LogP contribution in [0.5, 0.6) is 5.75 Å². The van der Waals surface area contributed by atoms with Gasteiger partial charge in [-0.05, 0) is 23.8 Å². The average molecular weight is 436 g/mol. The summed E-state index contributed by atoms with van der Waals surface area (Å²) in [6.07, 6.45) is 4.65. The number of aromatic hydroxyl groups is 1. The molecule has 1 amide bonds. The fourth-order valence-corrected chi connectivity index (χ4v) is 3.49. The van der Waals surface area contributed by atoms with E-state index in [1.54, 1.807) is 47.4 Å². The molecule has 1 aromatic carbocycles. The maximum atomic E-state index is 14.2. The van der Waals surface area contributed by atoms with E-state index in [1.165, 1.54) is 11.0 Å². The molecule has 0 saturated heterocycles. The molecule has 0 spiro atoms. The van der Waals surface area contributed by atoms with Gasteiger partial charge >= 0.3 is 0 Å². The number of pyridine rings is 2. The van der Waals surface area contributed by atoms with Gasteiger partial charge in [0.2, 0.25) is 5.43 Å². The lowest BCUT2D eigenvalue weighted by molar-refractivity contribution is 0.0681. The highest BCUT2D eigenvalue weighted by molar-refractivity contribution is 6.30. The summed E-state index contributed by atoms with van der Waals surface area (Å²) in [6.45, 7) is 0.649. The van der Waals surface area contributed by atoms with Crippen LogP contribution in [0.4, 0.5) is 4.39 Å². The van der Waals surface area contributed by atoms with Crippen molar-refractivity contribution in [3.8, 4) is 16.9 Å². The lowest BCUT2D eigenvalue weighted by atomic mass is 10.1. The first kappa shape index (κ1) is 20.8. The Labute approximate surface area is 176 Å². The second kappa shape index (κ2) is 8.23. The number of carbonyl (C=O) groups is 1. The first-order valence-electron chi connectivity index (χ1n) is 8.56. The molecule has 6 nitrogen and oxygen atoms in total. The van der Waals surface area contributed by atoms with Crippen LogP contribution in [0.3, 0.4) is 0 Å². The zero-order chi connectivity index (χ0) is 19.8. The van der Waals surface area contributed by atoms with Crippen LogP contribution in [0.15, 0.2) is 53.7 Å². The second-order valence-electron chi connectivity index (χ2n) is 6.44. The third-order valence-electron chi connectivity index (χ3n) is 4.74. The van der Waals surface area contributed by atoms with Gasteiger partial charge in [-0.1, -0.05) is 23.7 Å². The number of carbonyl (C=O) groups excluding carboxylic acids is 1. The van der Waals surface area contributed by atoms with Crippen molar-refractivity contribution in [2.75, 3.05) is 6.54 Å². The van der Waals surface area contributed by atoms with Gasteiger partial charge < -0.3 is 14.6 Å². The number of amides is 1. The summed E-state index contributed by atoms with van der Waals surface area (Å²) in [4.78, 5) is 30.8. The summed E-state index contributed by atoms with van der Waals surface area (Å²) in [5.74, 6) is -1.74. The molecule has 4 rings (SSSR count). The molecular formula is C20H16Cl2FN3O3. The first-order valence-corrected chi connectivity index (χ1v) is 8.94. The van der Waals surface area contributed by atoms with Crippen molar-refractivity contribution in [2.24, 2.45) is 0 Å². The Morgan fingerprint density at radius 2 is 1.86 bits per heavy atom. The van der Waals surface area contributed by atoms with Crippen molar-refractivity contribution in [2.45, 2.75) is 13.1 Å². The number of halogens is 3. The maximum absolute atomic E-state index is 14.2. The van der Waals surface area contributed by atoms with Gasteiger partial charge in [0.05, 0.1) is 5.02 Å². The summed E-state index contributed by atoms with van der Waals surface area (Å²) in [7, 11) is 0. The molecule has 150 valence electrons. The standard InChI is InChI=1S/C20H15ClFN3O3.ClH/c21-15-3-1-2-13(16(15)22)10-25-9-8-24-11-14(12-4-6-23-7-5-12)18(26)19(27)17(24)20(25)28;/h1-7,11,27H,8-10H2;1H. The number of benzene rings is 1. The van der Waals surface area contributed by atoms with E-state index in [0.717, 1.165) is 0 Å². The molecular weight excluding hydrogens is 420 g/mol. The van der Waals surface area contributed by atoms with Gasteiger partial charge in [-0.3, -0.25) is 14.6 Å². The third-order valence-corrected chi connectivity index (χ3v) is 5.03. The summed E-state index contributed by atoms with van der Waals surface area (Å²) in [5.41, 5.74) is 0.412. The molecule has 0 atom stereocenters. The zero-order valence-corrected chi connectivity index (χ0v) is 16.6. The predicted molar refractivity (Wildman–Crippen MR) is 109 cm³/mol. The first-order chi connectivity index (χ1) is 13.5. The smallest absolute Gasteiger partial charge is 0.274 e. The van der Waals surface area contributed by atoms with Crippen LogP contribution in [0.2, 0.25) is 5.02 Å². The minimum atomic E-state index is -0.637. The van der Waals surface area contributed by atoms with E-state index in [4.69, 9.17) is 11.6 Å². The van der Waals surface area contributed by atoms with E-state index in [0.29, 0.717) is 18.7 Å². The Bertz CT molecular complexity index is 1140. The average Bonchev–Trinajstić information content (AvgIpc) is 2.70. The molecule has 1 aliphatic rings. The molecule has 0 bridgehead atoms. The van der Waals surface area contributed by atoms with Crippen molar-refractivity contribution in [1.82, 2.24) is 14.5 Å². The van der Waals surface area contributed by atoms with Crippen molar-refractivity contribution in [1.29, 1.82) is 0 Å². The monoisotopic (exact) mass is 435 g/mol. The van der Waals surface area contributed by atoms with Gasteiger partial charge in [-0.2, -0.15) is 0 Å². The Hall–Kier alpha value is -2.90. The van der Waals surface area contributed by atoms with Crippen LogP contribution in [0, 0.1) is 5.82 Å². The molecule has 0 aliphatic carbocycles. The third kappa shape index (κ3) is 3.71. The topological polar surface area (TPSA) is 75.4 Å². The van der Waals surface area contributed by atoms with Gasteiger partial charge in [0.1, 0.15) is 5.82 Å². The van der Waals surface area contributed by atoms with Crippen molar-refractivity contribution < 1.29 is 14.3 Å². The van der Waals surface area contributed by atoms with Gasteiger partial charge in [0.15, 0.2) is 11.4 Å². The van der Waals surface area contributed by atoms with Crippen molar-refractivity contribution >= 4 is 29.9 Å². The molecule has 0 saturated carbocycles. The minimum Gasteiger partial charge on any atom is -0.503 e. The minimum absolute atomic E-state index is 0. The second-order valence-corrected chi connectivity index (χ2v) is 6.85. The molecule has 1 aliphatic heterocycles. The fraction of sp³-hybridized carbons (Fsp3) is 0.150. The van der Waals surface area contributed by atoms with Crippen molar-refractivity contribution in [3.05, 3.63) is 81.2 Å². The van der Waals surface area contributed by atoms with E-state index >= 15 is 0 Å². The van der Waals surface area contributed by atoms with Crippen LogP contribution in [0.25, 0.3) is 11.1 Å². The quantitative estimate of drug-likeness (QED) is 0.682. The molecule has 9 heteroatoms. The molecule has 1 N–H and O–H groups in total. The highest BCUT2D eigenvalue weighted by Gasteiger charge is 2.30. The molecule has 2 aromatic heterocycles. The normalized spacial score (nSPS) is 13.0. The van der Waals surface area contributed by atoms with Crippen LogP contribution < -0.4 is 5.43 Å². The van der Waals surface area contributed by atoms with E-state index < -0.39 is 22.9 Å². The van der Waals surface area contributed by atoms with Crippen LogP contribution in [0.1, 0.15) is 16.1 Å². The SMILES string of the molecule is Cl.O=C1c2c(O)c(=O)c(-c3ccncc3)cn2CCN1Cc1cccc(Cl)c1F. The molecule has 29 heavy (non-hydrogen) atoms. The number of hydrogen-bond donors (Lipinski definition) is 1. The highest BCUT2D eigenvalue weighted by atomic mass is 35.5. The summed E-state index contributed by atoms with van der Waals surface area (Å²) < 4.78 is 15.7. The van der Waals surface area contributed by atoms with E-state index in [9.17, 15) is 19.1 Å².